The van der Waals surface area contributed by atoms with E-state index in [1.165, 1.54) is 6.07 Å². The summed E-state index contributed by atoms with van der Waals surface area (Å²) in [6.07, 6.45) is -2.37. The summed E-state index contributed by atoms with van der Waals surface area (Å²) in [6, 6.07) is 4.66. The number of phenolic OH excluding ortho intramolecular Hbond substituents is 1. The van der Waals surface area contributed by atoms with E-state index in [0.717, 1.165) is 0 Å². The molecule has 0 aliphatic heterocycles. The van der Waals surface area contributed by atoms with Gasteiger partial charge in [-0.2, -0.15) is 0 Å². The number of rotatable bonds is 4. The van der Waals surface area contributed by atoms with Gasteiger partial charge in [0.2, 0.25) is 0 Å². The molecular formula is C10H13N3O3. The molecule has 2 unspecified atom stereocenters. The van der Waals surface area contributed by atoms with Crippen molar-refractivity contribution in [2.45, 2.75) is 19.1 Å². The Labute approximate surface area is 92.4 Å². The molecule has 1 aromatic rings. The first-order chi connectivity index (χ1) is 7.57. The lowest BCUT2D eigenvalue weighted by molar-refractivity contribution is 0.0239. The second-order valence-corrected chi connectivity index (χ2v) is 3.42. The van der Waals surface area contributed by atoms with E-state index >= 15 is 0 Å². The fourth-order valence-corrected chi connectivity index (χ4v) is 1.39. The average molecular weight is 223 g/mol. The molecule has 2 atom stereocenters. The minimum Gasteiger partial charge on any atom is -0.508 e. The summed E-state index contributed by atoms with van der Waals surface area (Å²) >= 11 is 0. The molecule has 0 amide bonds. The number of hydrogen-bond donors (Lipinski definition) is 3. The quantitative estimate of drug-likeness (QED) is 0.407. The predicted molar refractivity (Wildman–Crippen MR) is 57.8 cm³/mol. The summed E-state index contributed by atoms with van der Waals surface area (Å²) in [5, 5.41) is 31.9. The van der Waals surface area contributed by atoms with Crippen LogP contribution in [0.25, 0.3) is 10.4 Å². The highest BCUT2D eigenvalue weighted by molar-refractivity contribution is 5.39. The number of hydrogen-bond acceptors (Lipinski definition) is 4. The molecule has 6 nitrogen and oxygen atoms in total. The Bertz CT molecular complexity index is 416. The van der Waals surface area contributed by atoms with Gasteiger partial charge in [-0.25, -0.2) is 0 Å². The molecule has 0 aliphatic carbocycles. The molecule has 0 spiro atoms. The Balaban J connectivity index is 2.91. The molecule has 1 rings (SSSR count). The van der Waals surface area contributed by atoms with Gasteiger partial charge in [-0.15, -0.1) is 0 Å². The van der Waals surface area contributed by atoms with E-state index in [-0.39, 0.29) is 12.3 Å². The van der Waals surface area contributed by atoms with Crippen LogP contribution in [-0.4, -0.2) is 28.0 Å². The molecule has 6 heteroatoms. The molecule has 3 N–H and O–H groups in total. The highest BCUT2D eigenvalue weighted by Gasteiger charge is 2.20. The normalized spacial score (nSPS) is 13.9. The SMILES string of the molecule is Cc1c(O)cccc1C(O)C(O)CN=[N+]=[N-]. The highest BCUT2D eigenvalue weighted by atomic mass is 16.3. The average Bonchev–Trinajstić information content (AvgIpc) is 2.28. The van der Waals surface area contributed by atoms with Crippen LogP contribution in [0, 0.1) is 6.92 Å². The van der Waals surface area contributed by atoms with Crippen LogP contribution < -0.4 is 0 Å². The van der Waals surface area contributed by atoms with Gasteiger partial charge in [0, 0.05) is 4.91 Å². The Morgan fingerprint density at radius 2 is 2.12 bits per heavy atom. The maximum atomic E-state index is 9.78. The van der Waals surface area contributed by atoms with Crippen molar-refractivity contribution >= 4 is 0 Å². The molecule has 0 aliphatic rings. The van der Waals surface area contributed by atoms with Crippen LogP contribution in [0.5, 0.6) is 5.75 Å². The zero-order chi connectivity index (χ0) is 12.1. The Morgan fingerprint density at radius 1 is 1.44 bits per heavy atom. The summed E-state index contributed by atoms with van der Waals surface area (Å²) in [5.41, 5.74) is 9.00. The third kappa shape index (κ3) is 2.64. The van der Waals surface area contributed by atoms with Gasteiger partial charge < -0.3 is 15.3 Å². The van der Waals surface area contributed by atoms with Crippen LogP contribution in [-0.2, 0) is 0 Å². The summed E-state index contributed by atoms with van der Waals surface area (Å²) in [4.78, 5) is 2.50. The van der Waals surface area contributed by atoms with Crippen molar-refractivity contribution in [2.75, 3.05) is 6.54 Å². The van der Waals surface area contributed by atoms with Crippen LogP contribution in [0.15, 0.2) is 23.3 Å². The lowest BCUT2D eigenvalue weighted by Crippen LogP contribution is -2.21. The fourth-order valence-electron chi connectivity index (χ4n) is 1.39. The zero-order valence-corrected chi connectivity index (χ0v) is 8.78. The monoisotopic (exact) mass is 223 g/mol. The van der Waals surface area contributed by atoms with Gasteiger partial charge in [-0.1, -0.05) is 17.2 Å². The van der Waals surface area contributed by atoms with Crippen LogP contribution >= 0.6 is 0 Å². The number of aromatic hydroxyl groups is 1. The summed E-state index contributed by atoms with van der Waals surface area (Å²) in [5.74, 6) is 0.0486. The molecular weight excluding hydrogens is 210 g/mol. The van der Waals surface area contributed by atoms with Crippen molar-refractivity contribution in [3.63, 3.8) is 0 Å². The molecule has 0 heterocycles. The Morgan fingerprint density at radius 3 is 2.75 bits per heavy atom. The molecule has 0 fully saturated rings. The van der Waals surface area contributed by atoms with E-state index in [9.17, 15) is 15.3 Å². The second kappa shape index (κ2) is 5.37. The van der Waals surface area contributed by atoms with E-state index in [0.29, 0.717) is 11.1 Å². The summed E-state index contributed by atoms with van der Waals surface area (Å²) in [7, 11) is 0. The zero-order valence-electron chi connectivity index (χ0n) is 8.78. The van der Waals surface area contributed by atoms with Gasteiger partial charge in [-0.05, 0) is 29.6 Å². The predicted octanol–water partition coefficient (Wildman–Crippen LogP) is 1.41. The van der Waals surface area contributed by atoms with Crippen molar-refractivity contribution in [3.05, 3.63) is 39.8 Å². The number of benzene rings is 1. The first kappa shape index (κ1) is 12.3. The standard InChI is InChI=1S/C10H13N3O3/c1-6-7(3-2-4-8(6)14)10(16)9(15)5-12-13-11/h2-4,9-10,14-16H,5H2,1H3. The first-order valence-electron chi connectivity index (χ1n) is 4.73. The fraction of sp³-hybridized carbons (Fsp3) is 0.400. The smallest absolute Gasteiger partial charge is 0.118 e. The lowest BCUT2D eigenvalue weighted by Gasteiger charge is -2.18. The minimum atomic E-state index is -1.18. The largest absolute Gasteiger partial charge is 0.508 e. The molecule has 0 bridgehead atoms. The Hall–Kier alpha value is -1.75. The summed E-state index contributed by atoms with van der Waals surface area (Å²) in [6.45, 7) is 1.42. The molecule has 1 aromatic carbocycles. The highest BCUT2D eigenvalue weighted by Crippen LogP contribution is 2.26. The van der Waals surface area contributed by atoms with Gasteiger partial charge in [-0.3, -0.25) is 0 Å². The van der Waals surface area contributed by atoms with E-state index in [2.05, 4.69) is 10.0 Å². The van der Waals surface area contributed by atoms with Gasteiger partial charge in [0.1, 0.15) is 11.9 Å². The number of azide groups is 1. The topological polar surface area (TPSA) is 109 Å². The van der Waals surface area contributed by atoms with E-state index in [4.69, 9.17) is 5.53 Å². The minimum absolute atomic E-state index is 0.0486. The van der Waals surface area contributed by atoms with Crippen molar-refractivity contribution < 1.29 is 15.3 Å². The molecule has 0 aromatic heterocycles. The van der Waals surface area contributed by atoms with Crippen molar-refractivity contribution in [3.8, 4) is 5.75 Å². The van der Waals surface area contributed by atoms with Crippen LogP contribution in [0.4, 0.5) is 0 Å². The van der Waals surface area contributed by atoms with E-state index in [1.54, 1.807) is 19.1 Å². The summed E-state index contributed by atoms with van der Waals surface area (Å²) < 4.78 is 0. The van der Waals surface area contributed by atoms with Crippen LogP contribution in [0.2, 0.25) is 0 Å². The third-order valence-corrected chi connectivity index (χ3v) is 2.36. The number of aliphatic hydroxyl groups excluding tert-OH is 2. The molecule has 0 saturated heterocycles. The van der Waals surface area contributed by atoms with Gasteiger partial charge >= 0.3 is 0 Å². The second-order valence-electron chi connectivity index (χ2n) is 3.42. The van der Waals surface area contributed by atoms with Gasteiger partial charge in [0.05, 0.1) is 12.6 Å². The number of nitrogens with zero attached hydrogens (tertiary/aromatic N) is 3. The lowest BCUT2D eigenvalue weighted by atomic mass is 9.99. The first-order valence-corrected chi connectivity index (χ1v) is 4.73. The van der Waals surface area contributed by atoms with Crippen molar-refractivity contribution in [1.29, 1.82) is 0 Å². The molecule has 0 radical (unpaired) electrons. The molecule has 86 valence electrons. The van der Waals surface area contributed by atoms with E-state index < -0.39 is 12.2 Å². The van der Waals surface area contributed by atoms with Crippen LogP contribution in [0.3, 0.4) is 0 Å². The van der Waals surface area contributed by atoms with Crippen LogP contribution in [0.1, 0.15) is 17.2 Å². The third-order valence-electron chi connectivity index (χ3n) is 2.36. The molecule has 16 heavy (non-hydrogen) atoms. The maximum Gasteiger partial charge on any atom is 0.118 e. The van der Waals surface area contributed by atoms with Gasteiger partial charge in [0.25, 0.3) is 0 Å². The molecule has 0 saturated carbocycles. The van der Waals surface area contributed by atoms with Crippen molar-refractivity contribution in [2.24, 2.45) is 5.11 Å². The number of phenols is 1. The van der Waals surface area contributed by atoms with Crippen molar-refractivity contribution in [1.82, 2.24) is 0 Å². The number of aliphatic hydroxyl groups is 2. The van der Waals surface area contributed by atoms with E-state index in [1.807, 2.05) is 0 Å². The van der Waals surface area contributed by atoms with Gasteiger partial charge in [0.15, 0.2) is 0 Å². The maximum absolute atomic E-state index is 9.78. The Kier molecular flexibility index (Phi) is 4.13.